The summed E-state index contributed by atoms with van der Waals surface area (Å²) in [6.45, 7) is 1.33. The van der Waals surface area contributed by atoms with Crippen LogP contribution >= 0.6 is 0 Å². The van der Waals surface area contributed by atoms with Crippen LogP contribution in [0, 0.1) is 0 Å². The Morgan fingerprint density at radius 3 is 2.00 bits per heavy atom. The van der Waals surface area contributed by atoms with E-state index in [1.165, 1.54) is 6.20 Å². The Morgan fingerprint density at radius 1 is 0.944 bits per heavy atom. The van der Waals surface area contributed by atoms with Crippen LogP contribution in [0.2, 0.25) is 0 Å². The highest BCUT2D eigenvalue weighted by Crippen LogP contribution is 2.28. The Labute approximate surface area is 105 Å². The Kier molecular flexibility index (Phi) is 3.80. The minimum Gasteiger partial charge on any atom is -0.486 e. The van der Waals surface area contributed by atoms with Crippen LogP contribution in [0.3, 0.4) is 0 Å². The fourth-order valence-electron chi connectivity index (χ4n) is 1.38. The molecule has 0 fully saturated rings. The van der Waals surface area contributed by atoms with Crippen molar-refractivity contribution >= 4 is 11.8 Å². The first-order chi connectivity index (χ1) is 8.75. The van der Waals surface area contributed by atoms with Gasteiger partial charge in [0.05, 0.1) is 0 Å². The molecule has 0 saturated heterocycles. The molecule has 1 aromatic carbocycles. The van der Waals surface area contributed by atoms with Crippen LogP contribution < -0.4 is 20.9 Å². The number of benzene rings is 1. The lowest BCUT2D eigenvalue weighted by atomic mass is 10.3. The summed E-state index contributed by atoms with van der Waals surface area (Å²) in [6.07, 6.45) is 1.51. The van der Waals surface area contributed by atoms with Gasteiger partial charge in [-0.05, 0) is 18.2 Å². The van der Waals surface area contributed by atoms with Gasteiger partial charge < -0.3 is 20.9 Å². The van der Waals surface area contributed by atoms with Gasteiger partial charge in [-0.2, -0.15) is 4.98 Å². The summed E-state index contributed by atoms with van der Waals surface area (Å²) in [6, 6.07) is 9.28. The lowest BCUT2D eigenvalue weighted by Gasteiger charge is -2.17. The number of nitrogens with zero attached hydrogens (tertiary/aromatic N) is 2. The van der Waals surface area contributed by atoms with Gasteiger partial charge in [-0.1, -0.05) is 12.1 Å². The van der Waals surface area contributed by atoms with E-state index in [1.54, 1.807) is 6.07 Å². The monoisotopic (exact) mass is 246 g/mol. The summed E-state index contributed by atoms with van der Waals surface area (Å²) in [5.74, 6) is 2.32. The minimum absolute atomic E-state index is 0.213. The first-order valence-corrected chi connectivity index (χ1v) is 5.44. The standard InChI is InChI=1S/C8H8O2.C4H6N4/c1-2-4-8-7(3-1)9-5-6-10-8;5-3-1-2-7-4(6)8-3/h1-4H,5-6H2;1-2H,(H4,5,6,7,8). The van der Waals surface area contributed by atoms with E-state index in [-0.39, 0.29) is 5.95 Å². The molecule has 0 radical (unpaired) electrons. The number of para-hydroxylation sites is 2. The summed E-state index contributed by atoms with van der Waals surface area (Å²) in [5, 5.41) is 0. The first-order valence-electron chi connectivity index (χ1n) is 5.44. The van der Waals surface area contributed by atoms with E-state index >= 15 is 0 Å². The molecule has 94 valence electrons. The van der Waals surface area contributed by atoms with Crippen molar-refractivity contribution < 1.29 is 9.47 Å². The molecule has 2 heterocycles. The number of rotatable bonds is 0. The maximum atomic E-state index is 5.30. The summed E-state index contributed by atoms with van der Waals surface area (Å²) in [7, 11) is 0. The Bertz CT molecular complexity index is 477. The molecule has 0 aliphatic carbocycles. The molecule has 1 aliphatic heterocycles. The Morgan fingerprint density at radius 2 is 1.56 bits per heavy atom. The summed E-state index contributed by atoms with van der Waals surface area (Å²) in [4.78, 5) is 7.24. The zero-order valence-electron chi connectivity index (χ0n) is 9.74. The molecule has 2 aromatic rings. The molecule has 0 spiro atoms. The highest BCUT2D eigenvalue weighted by Gasteiger charge is 2.07. The molecule has 4 N–H and O–H groups in total. The van der Waals surface area contributed by atoms with Crippen LogP contribution in [0.1, 0.15) is 0 Å². The Balaban J connectivity index is 0.000000138. The number of fused-ring (bicyclic) bond motifs is 1. The fraction of sp³-hybridized carbons (Fsp3) is 0.167. The number of nitrogen functional groups attached to an aromatic ring is 2. The van der Waals surface area contributed by atoms with Crippen molar-refractivity contribution in [3.63, 3.8) is 0 Å². The number of ether oxygens (including phenoxy) is 2. The zero-order valence-corrected chi connectivity index (χ0v) is 9.74. The lowest BCUT2D eigenvalue weighted by molar-refractivity contribution is 0.171. The first kappa shape index (κ1) is 12.0. The number of hydrogen-bond donors (Lipinski definition) is 2. The average Bonchev–Trinajstić information content (AvgIpc) is 2.39. The van der Waals surface area contributed by atoms with Gasteiger partial charge in [0, 0.05) is 6.20 Å². The van der Waals surface area contributed by atoms with Crippen LogP contribution in [-0.4, -0.2) is 23.2 Å². The van der Waals surface area contributed by atoms with Gasteiger partial charge >= 0.3 is 0 Å². The predicted octanol–water partition coefficient (Wildman–Crippen LogP) is 1.10. The zero-order chi connectivity index (χ0) is 12.8. The third kappa shape index (κ3) is 3.24. The van der Waals surface area contributed by atoms with Crippen LogP contribution in [0.4, 0.5) is 11.8 Å². The second-order valence-corrected chi connectivity index (χ2v) is 3.48. The highest BCUT2D eigenvalue weighted by atomic mass is 16.6. The summed E-state index contributed by atoms with van der Waals surface area (Å²) < 4.78 is 10.6. The fourth-order valence-corrected chi connectivity index (χ4v) is 1.38. The summed E-state index contributed by atoms with van der Waals surface area (Å²) in [5.41, 5.74) is 10.4. The normalized spacial score (nSPS) is 12.2. The van der Waals surface area contributed by atoms with Crippen molar-refractivity contribution in [2.75, 3.05) is 24.7 Å². The molecule has 0 atom stereocenters. The minimum atomic E-state index is 0.213. The topological polar surface area (TPSA) is 96.3 Å². The SMILES string of the molecule is Nc1ccnc(N)n1.c1ccc2c(c1)OCCO2. The van der Waals surface area contributed by atoms with E-state index in [0.29, 0.717) is 19.0 Å². The molecule has 18 heavy (non-hydrogen) atoms. The lowest BCUT2D eigenvalue weighted by Crippen LogP contribution is -2.14. The van der Waals surface area contributed by atoms with E-state index in [1.807, 2.05) is 24.3 Å². The quantitative estimate of drug-likeness (QED) is 0.722. The van der Waals surface area contributed by atoms with Gasteiger partial charge in [-0.3, -0.25) is 0 Å². The van der Waals surface area contributed by atoms with Crippen LogP contribution in [0.25, 0.3) is 0 Å². The van der Waals surface area contributed by atoms with Crippen molar-refractivity contribution in [2.45, 2.75) is 0 Å². The third-order valence-electron chi connectivity index (χ3n) is 2.14. The van der Waals surface area contributed by atoms with E-state index in [9.17, 15) is 0 Å². The molecular weight excluding hydrogens is 232 g/mol. The molecule has 0 amide bonds. The van der Waals surface area contributed by atoms with E-state index in [4.69, 9.17) is 20.9 Å². The van der Waals surface area contributed by atoms with Gasteiger partial charge in [-0.15, -0.1) is 0 Å². The largest absolute Gasteiger partial charge is 0.486 e. The molecule has 6 heteroatoms. The maximum absolute atomic E-state index is 5.30. The molecule has 0 bridgehead atoms. The smallest absolute Gasteiger partial charge is 0.221 e. The molecule has 1 aliphatic rings. The van der Waals surface area contributed by atoms with Crippen LogP contribution in [0.15, 0.2) is 36.5 Å². The molecule has 1 aromatic heterocycles. The molecule has 6 nitrogen and oxygen atoms in total. The van der Waals surface area contributed by atoms with Crippen molar-refractivity contribution in [3.05, 3.63) is 36.5 Å². The number of aromatic nitrogens is 2. The van der Waals surface area contributed by atoms with Crippen molar-refractivity contribution in [3.8, 4) is 11.5 Å². The maximum Gasteiger partial charge on any atom is 0.221 e. The van der Waals surface area contributed by atoms with Gasteiger partial charge in [0.15, 0.2) is 11.5 Å². The average molecular weight is 246 g/mol. The van der Waals surface area contributed by atoms with Crippen LogP contribution in [-0.2, 0) is 0 Å². The highest BCUT2D eigenvalue weighted by molar-refractivity contribution is 5.40. The second kappa shape index (κ2) is 5.72. The molecular formula is C12H14N4O2. The number of nitrogens with two attached hydrogens (primary N) is 2. The van der Waals surface area contributed by atoms with Gasteiger partial charge in [-0.25, -0.2) is 4.98 Å². The van der Waals surface area contributed by atoms with Crippen molar-refractivity contribution in [2.24, 2.45) is 0 Å². The van der Waals surface area contributed by atoms with E-state index in [0.717, 1.165) is 11.5 Å². The van der Waals surface area contributed by atoms with E-state index < -0.39 is 0 Å². The number of hydrogen-bond acceptors (Lipinski definition) is 6. The second-order valence-electron chi connectivity index (χ2n) is 3.48. The van der Waals surface area contributed by atoms with E-state index in [2.05, 4.69) is 9.97 Å². The van der Waals surface area contributed by atoms with Crippen molar-refractivity contribution in [1.29, 1.82) is 0 Å². The van der Waals surface area contributed by atoms with Gasteiger partial charge in [0.2, 0.25) is 5.95 Å². The summed E-state index contributed by atoms with van der Waals surface area (Å²) >= 11 is 0. The van der Waals surface area contributed by atoms with Gasteiger partial charge in [0.1, 0.15) is 19.0 Å². The Hall–Kier alpha value is -2.50. The number of anilines is 2. The van der Waals surface area contributed by atoms with Gasteiger partial charge in [0.25, 0.3) is 0 Å². The third-order valence-corrected chi connectivity index (χ3v) is 2.14. The predicted molar refractivity (Wildman–Crippen MR) is 68.3 cm³/mol. The molecule has 3 rings (SSSR count). The van der Waals surface area contributed by atoms with Crippen LogP contribution in [0.5, 0.6) is 11.5 Å². The van der Waals surface area contributed by atoms with Crippen molar-refractivity contribution in [1.82, 2.24) is 9.97 Å². The molecule has 0 unspecified atom stereocenters. The molecule has 0 saturated carbocycles.